The van der Waals surface area contributed by atoms with Crippen LogP contribution in [0.25, 0.3) is 32.3 Å². The average molecular weight is 1380 g/mol. The van der Waals surface area contributed by atoms with Gasteiger partial charge in [0.15, 0.2) is 0 Å². The molecule has 1 aliphatic carbocycles. The first-order chi connectivity index (χ1) is 48.5. The van der Waals surface area contributed by atoms with Gasteiger partial charge in [0.1, 0.15) is 43.6 Å². The average Bonchev–Trinajstić information content (AvgIpc) is 1.60. The number of carbonyl (C=O) groups is 5. The van der Waals surface area contributed by atoms with Crippen LogP contribution in [0.4, 0.5) is 23.3 Å². The number of hydrogen-bond acceptors (Lipinski definition) is 18. The van der Waals surface area contributed by atoms with Crippen LogP contribution in [0, 0.1) is 20.8 Å². The highest BCUT2D eigenvalue weighted by atomic mass is 32.1. The number of allylic oxidation sites excluding steroid dienone is 2. The lowest BCUT2D eigenvalue weighted by atomic mass is 9.87. The summed E-state index contributed by atoms with van der Waals surface area (Å²) < 4.78 is 19.2. The lowest BCUT2D eigenvalue weighted by Crippen LogP contribution is -2.51. The maximum atomic E-state index is 14.2. The van der Waals surface area contributed by atoms with Crippen LogP contribution < -0.4 is 52.4 Å². The van der Waals surface area contributed by atoms with Crippen molar-refractivity contribution in [3.05, 3.63) is 134 Å². The van der Waals surface area contributed by atoms with E-state index in [0.717, 1.165) is 125 Å². The normalized spacial score (nSPS) is 17.2. The molecule has 3 aromatic carbocycles. The van der Waals surface area contributed by atoms with Gasteiger partial charge in [0.2, 0.25) is 23.7 Å². The molecule has 6 aromatic heterocycles. The number of methoxy groups -OCH3 is 1. The lowest BCUT2D eigenvalue weighted by Gasteiger charge is -2.35. The fraction of sp³-hybridized carbons (Fsp3) is 0.452. The third kappa shape index (κ3) is 15.2. The summed E-state index contributed by atoms with van der Waals surface area (Å²) in [5, 5.41) is 26.8. The summed E-state index contributed by atoms with van der Waals surface area (Å²) in [6.45, 7) is 19.6. The Bertz CT molecular complexity index is 4560. The van der Waals surface area contributed by atoms with Crippen LogP contribution in [0.5, 0.6) is 11.5 Å². The minimum atomic E-state index is -0.670. The molecule has 0 radical (unpaired) electrons. The van der Waals surface area contributed by atoms with E-state index in [2.05, 4.69) is 75.7 Å². The number of nitrogens with two attached hydrogens (primary N) is 2. The standard InChI is InChI=1S/C73H91N19O7S/c1-7-91-58(34-45(4)84-91)68(95)82-72-80-56-38-49(66(74)93)40-60(98-6)63(56)89(72)27-13-14-28-90-64-57(81-73(90)83-69(96)59-35-46(5)85-92(59)8-2)39-50(67(75)94)41-61(64)99-33-15-26-87-31-29-86(30-32-87)25-12-10-9-11-24-76-62-55-23-16-44(3)77-71(55)100-65(62)70(97)79-51-19-17-48-37-54(22-18-47(48)36-51)88-42-52-20-21-53(43-88)78-52/h13-14,16,18,22-23,34-35,37-41,51-53,76,78H,7-12,15,17,19-21,24-33,36,42-43H2,1-6H3,(H2,74,93)(H2,75,94)(H,79,97)(H,80,82,95)(H,81,83,96)/b14-13+/t51-,52-,53+/m0/s1. The number of benzene rings is 3. The number of nitrogens with zero attached hydrogens (tertiary/aromatic N) is 12. The van der Waals surface area contributed by atoms with E-state index in [-0.39, 0.29) is 48.1 Å². The molecule has 3 saturated heterocycles. The minimum absolute atomic E-state index is 0.0244. The van der Waals surface area contributed by atoms with Crippen LogP contribution in [0.1, 0.15) is 145 Å². The van der Waals surface area contributed by atoms with E-state index in [0.29, 0.717) is 99.4 Å². The zero-order valence-corrected chi connectivity index (χ0v) is 58.8. The predicted molar refractivity (Wildman–Crippen MR) is 390 cm³/mol. The monoisotopic (exact) mass is 1380 g/mol. The Balaban J connectivity index is 0.610. The summed E-state index contributed by atoms with van der Waals surface area (Å²) in [4.78, 5) is 91.1. The first-order valence-electron chi connectivity index (χ1n) is 35.2. The van der Waals surface area contributed by atoms with E-state index in [1.165, 1.54) is 54.2 Å². The summed E-state index contributed by atoms with van der Waals surface area (Å²) in [5.41, 5.74) is 21.8. The van der Waals surface area contributed by atoms with E-state index < -0.39 is 23.6 Å². The Kier molecular flexibility index (Phi) is 20.9. The largest absolute Gasteiger partial charge is 0.494 e. The van der Waals surface area contributed by atoms with E-state index in [9.17, 15) is 24.0 Å². The number of pyridine rings is 1. The Morgan fingerprint density at radius 3 is 1.84 bits per heavy atom. The Labute approximate surface area is 585 Å². The molecule has 13 rings (SSSR count). The van der Waals surface area contributed by atoms with Gasteiger partial charge in [-0.05, 0) is 164 Å². The van der Waals surface area contributed by atoms with E-state index >= 15 is 0 Å². The van der Waals surface area contributed by atoms with Crippen LogP contribution >= 0.6 is 11.3 Å². The number of piperazine rings is 2. The molecule has 0 unspecified atom stereocenters. The maximum absolute atomic E-state index is 14.2. The Morgan fingerprint density at radius 1 is 0.650 bits per heavy atom. The fourth-order valence-electron chi connectivity index (χ4n) is 14.6. The first kappa shape index (κ1) is 68.8. The molecular weight excluding hydrogens is 1290 g/mol. The predicted octanol–water partition coefficient (Wildman–Crippen LogP) is 8.61. The molecular formula is C73H91N19O7S. The van der Waals surface area contributed by atoms with Gasteiger partial charge in [0.25, 0.3) is 17.7 Å². The molecule has 5 amide bonds. The maximum Gasteiger partial charge on any atom is 0.276 e. The summed E-state index contributed by atoms with van der Waals surface area (Å²) in [6, 6.07) is 22.1. The number of ether oxygens (including phenoxy) is 2. The van der Waals surface area contributed by atoms with Gasteiger partial charge in [0.05, 0.1) is 41.8 Å². The number of carbonyl (C=O) groups excluding carboxylic acids is 5. The number of imidazole rings is 2. The van der Waals surface area contributed by atoms with Crippen molar-refractivity contribution in [2.24, 2.45) is 11.5 Å². The number of primary amides is 2. The minimum Gasteiger partial charge on any atom is -0.494 e. The molecule has 9 aromatic rings. The van der Waals surface area contributed by atoms with Gasteiger partial charge < -0.3 is 60.7 Å². The third-order valence-corrected chi connectivity index (χ3v) is 20.8. The number of anilines is 4. The molecule has 0 saturated carbocycles. The smallest absolute Gasteiger partial charge is 0.276 e. The Hall–Kier alpha value is -9.70. The highest BCUT2D eigenvalue weighted by Crippen LogP contribution is 2.38. The lowest BCUT2D eigenvalue weighted by molar-refractivity contribution is 0.0935. The van der Waals surface area contributed by atoms with Crippen molar-refractivity contribution in [3.8, 4) is 11.5 Å². The first-order valence-corrected chi connectivity index (χ1v) is 36.0. The number of unbranched alkanes of at least 4 members (excludes halogenated alkanes) is 3. The summed E-state index contributed by atoms with van der Waals surface area (Å²) in [7, 11) is 1.48. The van der Waals surface area contributed by atoms with Crippen LogP contribution in [-0.2, 0) is 39.0 Å². The van der Waals surface area contributed by atoms with E-state index in [1.807, 2.05) is 57.4 Å². The van der Waals surface area contributed by atoms with Gasteiger partial charge in [-0.2, -0.15) is 10.2 Å². The second-order valence-electron chi connectivity index (χ2n) is 26.8. The number of hydrogen-bond donors (Lipinski definition) is 7. The number of aromatic nitrogens is 9. The third-order valence-electron chi connectivity index (χ3n) is 19.7. The summed E-state index contributed by atoms with van der Waals surface area (Å²) in [6.07, 6.45) is 14.0. The van der Waals surface area contributed by atoms with Gasteiger partial charge in [0, 0.05) is 125 Å². The molecule has 26 nitrogen and oxygen atoms in total. The highest BCUT2D eigenvalue weighted by molar-refractivity contribution is 7.21. The number of fused-ring (bicyclic) bond motifs is 6. The van der Waals surface area contributed by atoms with Gasteiger partial charge in [-0.15, -0.1) is 11.3 Å². The highest BCUT2D eigenvalue weighted by Gasteiger charge is 2.34. The molecule has 3 atom stereocenters. The van der Waals surface area contributed by atoms with Crippen molar-refractivity contribution in [2.75, 3.05) is 93.5 Å². The van der Waals surface area contributed by atoms with Crippen molar-refractivity contribution >= 4 is 96.4 Å². The Morgan fingerprint density at radius 2 is 1.24 bits per heavy atom. The number of rotatable bonds is 29. The van der Waals surface area contributed by atoms with Gasteiger partial charge >= 0.3 is 0 Å². The molecule has 526 valence electrons. The molecule has 2 bridgehead atoms. The number of thiophene rings is 1. The molecule has 9 heterocycles. The summed E-state index contributed by atoms with van der Waals surface area (Å²) >= 11 is 1.48. The second-order valence-corrected chi connectivity index (χ2v) is 27.8. The molecule has 4 aliphatic rings. The van der Waals surface area contributed by atoms with Crippen LogP contribution in [0.15, 0.2) is 78.9 Å². The van der Waals surface area contributed by atoms with Gasteiger partial charge in [-0.1, -0.05) is 31.1 Å². The van der Waals surface area contributed by atoms with Crippen LogP contribution in [0.2, 0.25) is 0 Å². The molecule has 27 heteroatoms. The molecule has 9 N–H and O–H groups in total. The molecule has 100 heavy (non-hydrogen) atoms. The van der Waals surface area contributed by atoms with Crippen LogP contribution in [-0.4, -0.2) is 174 Å². The van der Waals surface area contributed by atoms with Gasteiger partial charge in [-0.25, -0.2) is 15.0 Å². The topological polar surface area (TPSA) is 310 Å². The van der Waals surface area contributed by atoms with Crippen molar-refractivity contribution < 1.29 is 33.4 Å². The number of amides is 5. The van der Waals surface area contributed by atoms with E-state index in [4.69, 9.17) is 35.9 Å². The summed E-state index contributed by atoms with van der Waals surface area (Å²) in [5.74, 6) is -1.16. The van der Waals surface area contributed by atoms with E-state index in [1.54, 1.807) is 44.3 Å². The van der Waals surface area contributed by atoms with Crippen molar-refractivity contribution in [1.82, 2.24) is 64.1 Å². The second kappa shape index (κ2) is 30.4. The molecule has 0 spiro atoms. The fourth-order valence-corrected chi connectivity index (χ4v) is 15.7. The van der Waals surface area contributed by atoms with Crippen molar-refractivity contribution in [2.45, 2.75) is 143 Å². The zero-order chi connectivity index (χ0) is 69.7. The van der Waals surface area contributed by atoms with Crippen LogP contribution in [0.3, 0.4) is 0 Å². The molecule has 3 aliphatic heterocycles. The van der Waals surface area contributed by atoms with Crippen molar-refractivity contribution in [3.63, 3.8) is 0 Å². The quantitative estimate of drug-likeness (QED) is 0.0170. The zero-order valence-electron chi connectivity index (χ0n) is 58.0. The van der Waals surface area contributed by atoms with Crippen molar-refractivity contribution in [1.29, 1.82) is 0 Å². The number of nitrogens with one attached hydrogen (secondary N) is 5. The SMILES string of the molecule is CCn1nc(C)cc1C(=O)Nc1nc2cc(C(N)=O)cc(OC)c2n1C/C=C/Cn1c(NC(=O)c2cc(C)nn2CC)nc2cc(C(N)=O)cc(OCCCN3CCN(CCCCCCNc4c(C(=O)N[C@H]5CCc6cc(N7C[C@H]8CC[C@@H](C7)N8)ccc6C5)sc5nc(C)ccc45)CC3)c21. The number of aryl methyl sites for hydroxylation is 6. The van der Waals surface area contributed by atoms with Gasteiger partial charge in [-0.3, -0.25) is 44.0 Å². The molecule has 3 fully saturated rings.